The Morgan fingerprint density at radius 2 is 1.43 bits per heavy atom. The number of amides is 2. The van der Waals surface area contributed by atoms with E-state index >= 15 is 0 Å². The Labute approximate surface area is 144 Å². The SMILES string of the molecule is CC(C)C(=O)Nc1ccc(NC(=O)c2cc(Cl)nc(Cl)c2)cc1. The van der Waals surface area contributed by atoms with Gasteiger partial charge < -0.3 is 10.6 Å². The van der Waals surface area contributed by atoms with Crippen LogP contribution in [-0.4, -0.2) is 16.8 Å². The Kier molecular flexibility index (Phi) is 5.58. The molecule has 2 rings (SSSR count). The first kappa shape index (κ1) is 17.2. The Hall–Kier alpha value is -2.11. The highest BCUT2D eigenvalue weighted by Crippen LogP contribution is 2.18. The minimum Gasteiger partial charge on any atom is -0.326 e. The summed E-state index contributed by atoms with van der Waals surface area (Å²) < 4.78 is 0. The number of hydrogen-bond acceptors (Lipinski definition) is 3. The molecule has 5 nitrogen and oxygen atoms in total. The Morgan fingerprint density at radius 1 is 0.957 bits per heavy atom. The Bertz CT molecular complexity index is 710. The van der Waals surface area contributed by atoms with Crippen LogP contribution in [0, 0.1) is 5.92 Å². The van der Waals surface area contributed by atoms with Crippen molar-refractivity contribution in [2.45, 2.75) is 13.8 Å². The maximum Gasteiger partial charge on any atom is 0.255 e. The topological polar surface area (TPSA) is 71.1 Å². The van der Waals surface area contributed by atoms with E-state index in [1.54, 1.807) is 24.3 Å². The van der Waals surface area contributed by atoms with Gasteiger partial charge >= 0.3 is 0 Å². The number of halogens is 2. The van der Waals surface area contributed by atoms with E-state index in [9.17, 15) is 9.59 Å². The molecule has 120 valence electrons. The van der Waals surface area contributed by atoms with Gasteiger partial charge in [0.25, 0.3) is 5.91 Å². The zero-order valence-corrected chi connectivity index (χ0v) is 14.1. The predicted octanol–water partition coefficient (Wildman–Crippen LogP) is 4.24. The van der Waals surface area contributed by atoms with E-state index in [0.717, 1.165) is 0 Å². The number of rotatable bonds is 4. The first-order valence-electron chi connectivity index (χ1n) is 6.90. The van der Waals surface area contributed by atoms with Crippen LogP contribution in [0.5, 0.6) is 0 Å². The molecule has 1 heterocycles. The molecule has 0 aliphatic carbocycles. The number of aromatic nitrogens is 1. The first-order valence-corrected chi connectivity index (χ1v) is 7.66. The van der Waals surface area contributed by atoms with Crippen molar-refractivity contribution in [1.82, 2.24) is 4.98 Å². The predicted molar refractivity (Wildman–Crippen MR) is 92.1 cm³/mol. The van der Waals surface area contributed by atoms with E-state index < -0.39 is 0 Å². The molecule has 2 N–H and O–H groups in total. The highest BCUT2D eigenvalue weighted by Gasteiger charge is 2.10. The van der Waals surface area contributed by atoms with Crippen molar-refractivity contribution in [3.8, 4) is 0 Å². The van der Waals surface area contributed by atoms with Crippen LogP contribution in [0.25, 0.3) is 0 Å². The van der Waals surface area contributed by atoms with Gasteiger partial charge in [0, 0.05) is 22.9 Å². The normalized spacial score (nSPS) is 10.5. The van der Waals surface area contributed by atoms with Crippen LogP contribution in [0.4, 0.5) is 11.4 Å². The smallest absolute Gasteiger partial charge is 0.255 e. The van der Waals surface area contributed by atoms with Crippen LogP contribution in [0.15, 0.2) is 36.4 Å². The summed E-state index contributed by atoms with van der Waals surface area (Å²) in [6.07, 6.45) is 0. The van der Waals surface area contributed by atoms with Gasteiger partial charge in [-0.25, -0.2) is 4.98 Å². The quantitative estimate of drug-likeness (QED) is 0.809. The highest BCUT2D eigenvalue weighted by atomic mass is 35.5. The monoisotopic (exact) mass is 351 g/mol. The molecule has 1 aromatic carbocycles. The Balaban J connectivity index is 2.05. The van der Waals surface area contributed by atoms with Crippen LogP contribution in [-0.2, 0) is 4.79 Å². The van der Waals surface area contributed by atoms with E-state index in [2.05, 4.69) is 15.6 Å². The number of nitrogens with one attached hydrogen (secondary N) is 2. The highest BCUT2D eigenvalue weighted by molar-refractivity contribution is 6.33. The molecular weight excluding hydrogens is 337 g/mol. The van der Waals surface area contributed by atoms with Crippen molar-refractivity contribution >= 4 is 46.4 Å². The maximum absolute atomic E-state index is 12.1. The van der Waals surface area contributed by atoms with E-state index in [-0.39, 0.29) is 28.0 Å². The third-order valence-electron chi connectivity index (χ3n) is 2.96. The van der Waals surface area contributed by atoms with E-state index in [1.165, 1.54) is 12.1 Å². The molecule has 0 saturated heterocycles. The molecule has 1 aromatic heterocycles. The minimum absolute atomic E-state index is 0.0668. The first-order chi connectivity index (χ1) is 10.8. The molecule has 7 heteroatoms. The standard InChI is InChI=1S/C16H15Cl2N3O2/c1-9(2)15(22)19-11-3-5-12(6-4-11)20-16(23)10-7-13(17)21-14(18)8-10/h3-9H,1-2H3,(H,19,22)(H,20,23). The molecule has 0 aliphatic heterocycles. The zero-order valence-electron chi connectivity index (χ0n) is 12.6. The van der Waals surface area contributed by atoms with E-state index in [1.807, 2.05) is 13.8 Å². The Morgan fingerprint density at radius 3 is 1.91 bits per heavy atom. The molecule has 0 atom stereocenters. The number of carbonyl (C=O) groups excluding carboxylic acids is 2. The molecule has 0 bridgehead atoms. The van der Waals surface area contributed by atoms with Gasteiger partial charge in [-0.3, -0.25) is 9.59 Å². The minimum atomic E-state index is -0.352. The number of pyridine rings is 1. The van der Waals surface area contributed by atoms with Crippen molar-refractivity contribution in [2.75, 3.05) is 10.6 Å². The molecule has 2 amide bonds. The van der Waals surface area contributed by atoms with Crippen molar-refractivity contribution < 1.29 is 9.59 Å². The number of benzene rings is 1. The maximum atomic E-state index is 12.1. The van der Waals surface area contributed by atoms with Crippen molar-refractivity contribution in [3.63, 3.8) is 0 Å². The number of carbonyl (C=O) groups is 2. The largest absolute Gasteiger partial charge is 0.326 e. The second kappa shape index (κ2) is 7.44. The van der Waals surface area contributed by atoms with Crippen molar-refractivity contribution in [2.24, 2.45) is 5.92 Å². The zero-order chi connectivity index (χ0) is 17.0. The molecule has 23 heavy (non-hydrogen) atoms. The summed E-state index contributed by atoms with van der Waals surface area (Å²) >= 11 is 11.6. The fourth-order valence-corrected chi connectivity index (χ4v) is 2.18. The molecule has 0 saturated carbocycles. The van der Waals surface area contributed by atoms with Crippen molar-refractivity contribution in [1.29, 1.82) is 0 Å². The van der Waals surface area contributed by atoms with Crippen LogP contribution >= 0.6 is 23.2 Å². The van der Waals surface area contributed by atoms with Crippen LogP contribution in [0.3, 0.4) is 0 Å². The molecule has 0 unspecified atom stereocenters. The van der Waals surface area contributed by atoms with E-state index in [4.69, 9.17) is 23.2 Å². The van der Waals surface area contributed by atoms with Gasteiger partial charge in [-0.15, -0.1) is 0 Å². The van der Waals surface area contributed by atoms with Gasteiger partial charge in [0.05, 0.1) is 0 Å². The number of anilines is 2. The summed E-state index contributed by atoms with van der Waals surface area (Å²) in [5.74, 6) is -0.520. The summed E-state index contributed by atoms with van der Waals surface area (Å²) in [5.41, 5.74) is 1.56. The van der Waals surface area contributed by atoms with Gasteiger partial charge in [0.2, 0.25) is 5.91 Å². The van der Waals surface area contributed by atoms with Crippen LogP contribution in [0.2, 0.25) is 10.3 Å². The lowest BCUT2D eigenvalue weighted by molar-refractivity contribution is -0.118. The summed E-state index contributed by atoms with van der Waals surface area (Å²) in [5, 5.41) is 5.79. The molecule has 0 spiro atoms. The van der Waals surface area contributed by atoms with Gasteiger partial charge in [-0.1, -0.05) is 37.0 Å². The number of hydrogen-bond donors (Lipinski definition) is 2. The van der Waals surface area contributed by atoms with E-state index in [0.29, 0.717) is 16.9 Å². The van der Waals surface area contributed by atoms with Crippen molar-refractivity contribution in [3.05, 3.63) is 52.3 Å². The summed E-state index contributed by atoms with van der Waals surface area (Å²) in [7, 11) is 0. The molecular formula is C16H15Cl2N3O2. The summed E-state index contributed by atoms with van der Waals surface area (Å²) in [6, 6.07) is 9.67. The number of nitrogens with zero attached hydrogens (tertiary/aromatic N) is 1. The lowest BCUT2D eigenvalue weighted by Crippen LogP contribution is -2.17. The van der Waals surface area contributed by atoms with Crippen LogP contribution in [0.1, 0.15) is 24.2 Å². The van der Waals surface area contributed by atoms with Gasteiger partial charge in [-0.05, 0) is 36.4 Å². The lowest BCUT2D eigenvalue weighted by atomic mass is 10.2. The fraction of sp³-hybridized carbons (Fsp3) is 0.188. The fourth-order valence-electron chi connectivity index (χ4n) is 1.72. The van der Waals surface area contributed by atoms with Gasteiger partial charge in [0.15, 0.2) is 0 Å². The average Bonchev–Trinajstić information content (AvgIpc) is 2.48. The van der Waals surface area contributed by atoms with Gasteiger partial charge in [-0.2, -0.15) is 0 Å². The second-order valence-corrected chi connectivity index (χ2v) is 5.95. The lowest BCUT2D eigenvalue weighted by Gasteiger charge is -2.09. The average molecular weight is 352 g/mol. The molecule has 0 radical (unpaired) electrons. The summed E-state index contributed by atoms with van der Waals surface area (Å²) in [6.45, 7) is 3.63. The van der Waals surface area contributed by atoms with Crippen LogP contribution < -0.4 is 10.6 Å². The molecule has 2 aromatic rings. The molecule has 0 fully saturated rings. The molecule has 0 aliphatic rings. The third kappa shape index (κ3) is 4.94. The third-order valence-corrected chi connectivity index (χ3v) is 3.35. The van der Waals surface area contributed by atoms with Gasteiger partial charge in [0.1, 0.15) is 10.3 Å². The summed E-state index contributed by atoms with van der Waals surface area (Å²) in [4.78, 5) is 27.5. The second-order valence-electron chi connectivity index (χ2n) is 5.18.